The lowest BCUT2D eigenvalue weighted by Gasteiger charge is -2.10. The monoisotopic (exact) mass is 401 g/mol. The predicted molar refractivity (Wildman–Crippen MR) is 114 cm³/mol. The highest BCUT2D eigenvalue weighted by molar-refractivity contribution is 5.90. The second kappa shape index (κ2) is 7.75. The normalized spacial score (nSPS) is 12.0. The van der Waals surface area contributed by atoms with Crippen LogP contribution in [0.1, 0.15) is 5.56 Å². The molecule has 0 aliphatic carbocycles. The zero-order valence-electron chi connectivity index (χ0n) is 16.3. The number of rotatable bonds is 6. The van der Waals surface area contributed by atoms with E-state index in [2.05, 4.69) is 25.6 Å². The Labute approximate surface area is 172 Å². The molecule has 0 atom stereocenters. The maximum atomic E-state index is 5.43. The number of hydrogen-bond acceptors (Lipinski definition) is 8. The Balaban J connectivity index is 1.34. The van der Waals surface area contributed by atoms with E-state index in [0.29, 0.717) is 24.1 Å². The molecule has 0 bridgehead atoms. The summed E-state index contributed by atoms with van der Waals surface area (Å²) in [6.07, 6.45) is 3.49. The van der Waals surface area contributed by atoms with E-state index in [1.807, 2.05) is 48.5 Å². The van der Waals surface area contributed by atoms with Gasteiger partial charge in [-0.25, -0.2) is 15.0 Å². The largest absolute Gasteiger partial charge is 0.497 e. The second-order valence-corrected chi connectivity index (χ2v) is 6.68. The number of anilines is 3. The molecule has 0 radical (unpaired) electrons. The highest BCUT2D eigenvalue weighted by Crippen LogP contribution is 2.35. The van der Waals surface area contributed by atoms with Crippen molar-refractivity contribution in [2.75, 3.05) is 24.5 Å². The van der Waals surface area contributed by atoms with Crippen molar-refractivity contribution in [3.63, 3.8) is 0 Å². The average Bonchev–Trinajstić information content (AvgIpc) is 3.26. The molecular formula is C22H19N5O3. The van der Waals surface area contributed by atoms with E-state index < -0.39 is 0 Å². The van der Waals surface area contributed by atoms with Crippen LogP contribution in [-0.4, -0.2) is 28.9 Å². The molecule has 150 valence electrons. The summed E-state index contributed by atoms with van der Waals surface area (Å²) >= 11 is 0. The van der Waals surface area contributed by atoms with Crippen LogP contribution in [-0.2, 0) is 6.54 Å². The van der Waals surface area contributed by atoms with Crippen LogP contribution in [0.25, 0.3) is 10.9 Å². The van der Waals surface area contributed by atoms with Gasteiger partial charge in [-0.05, 0) is 35.9 Å². The van der Waals surface area contributed by atoms with Gasteiger partial charge in [0.25, 0.3) is 0 Å². The number of nitrogens with one attached hydrogen (secondary N) is 2. The van der Waals surface area contributed by atoms with Crippen molar-refractivity contribution >= 4 is 28.4 Å². The van der Waals surface area contributed by atoms with E-state index in [-0.39, 0.29) is 6.79 Å². The molecule has 0 spiro atoms. The molecule has 2 N–H and O–H groups in total. The number of ether oxygens (including phenoxy) is 3. The van der Waals surface area contributed by atoms with Gasteiger partial charge in [0.15, 0.2) is 11.5 Å². The molecule has 0 unspecified atom stereocenters. The van der Waals surface area contributed by atoms with Gasteiger partial charge in [-0.1, -0.05) is 12.1 Å². The lowest BCUT2D eigenvalue weighted by Crippen LogP contribution is -2.04. The first-order valence-electron chi connectivity index (χ1n) is 9.44. The van der Waals surface area contributed by atoms with E-state index in [9.17, 15) is 0 Å². The first-order valence-corrected chi connectivity index (χ1v) is 9.44. The molecule has 2 aromatic heterocycles. The first-order chi connectivity index (χ1) is 14.8. The standard InChI is InChI=1S/C22H19N5O3/c1-28-16-5-2-14(3-6-16)11-24-22-25-12-17-18(27-22)8-9-23-21(17)26-15-4-7-19-20(10-15)30-13-29-19/h2-10,12H,11,13H2,1H3,(H,23,26)(H,24,25,27). The van der Waals surface area contributed by atoms with Crippen molar-refractivity contribution in [3.05, 3.63) is 66.5 Å². The summed E-state index contributed by atoms with van der Waals surface area (Å²) < 4.78 is 16.0. The van der Waals surface area contributed by atoms with Gasteiger partial charge in [-0.2, -0.15) is 0 Å². The van der Waals surface area contributed by atoms with Gasteiger partial charge >= 0.3 is 0 Å². The van der Waals surface area contributed by atoms with Crippen molar-refractivity contribution in [1.82, 2.24) is 15.0 Å². The maximum absolute atomic E-state index is 5.43. The van der Waals surface area contributed by atoms with Gasteiger partial charge in [-0.3, -0.25) is 0 Å². The van der Waals surface area contributed by atoms with Gasteiger partial charge in [0.05, 0.1) is 18.0 Å². The van der Waals surface area contributed by atoms with Crippen LogP contribution >= 0.6 is 0 Å². The van der Waals surface area contributed by atoms with Crippen LogP contribution in [0.3, 0.4) is 0 Å². The number of fused-ring (bicyclic) bond motifs is 2. The topological polar surface area (TPSA) is 90.4 Å². The molecule has 0 amide bonds. The van der Waals surface area contributed by atoms with Crippen LogP contribution in [0.15, 0.2) is 60.9 Å². The van der Waals surface area contributed by atoms with Crippen molar-refractivity contribution < 1.29 is 14.2 Å². The number of benzene rings is 2. The third kappa shape index (κ3) is 3.62. The summed E-state index contributed by atoms with van der Waals surface area (Å²) in [6.45, 7) is 0.855. The summed E-state index contributed by atoms with van der Waals surface area (Å²) in [5, 5.41) is 7.38. The molecule has 1 aliphatic rings. The second-order valence-electron chi connectivity index (χ2n) is 6.68. The third-order valence-electron chi connectivity index (χ3n) is 4.75. The van der Waals surface area contributed by atoms with Crippen molar-refractivity contribution in [2.24, 2.45) is 0 Å². The Hall–Kier alpha value is -4.07. The molecule has 8 heteroatoms. The van der Waals surface area contributed by atoms with Gasteiger partial charge < -0.3 is 24.8 Å². The average molecular weight is 401 g/mol. The van der Waals surface area contributed by atoms with Crippen molar-refractivity contribution in [3.8, 4) is 17.2 Å². The van der Waals surface area contributed by atoms with E-state index in [1.165, 1.54) is 0 Å². The summed E-state index contributed by atoms with van der Waals surface area (Å²) in [4.78, 5) is 13.5. The lowest BCUT2D eigenvalue weighted by molar-refractivity contribution is 0.174. The number of aromatic nitrogens is 3. The molecule has 0 fully saturated rings. The fourth-order valence-corrected chi connectivity index (χ4v) is 3.18. The zero-order chi connectivity index (χ0) is 20.3. The number of hydrogen-bond donors (Lipinski definition) is 2. The Morgan fingerprint density at radius 3 is 2.73 bits per heavy atom. The van der Waals surface area contributed by atoms with Crippen molar-refractivity contribution in [2.45, 2.75) is 6.54 Å². The van der Waals surface area contributed by atoms with Gasteiger partial charge in [-0.15, -0.1) is 0 Å². The molecule has 4 aromatic rings. The predicted octanol–water partition coefficient (Wildman–Crippen LogP) is 4.12. The van der Waals surface area contributed by atoms with Crippen LogP contribution in [0.5, 0.6) is 17.2 Å². The Bertz CT molecular complexity index is 1200. The third-order valence-corrected chi connectivity index (χ3v) is 4.75. The molecule has 0 saturated carbocycles. The summed E-state index contributed by atoms with van der Waals surface area (Å²) in [6, 6.07) is 15.4. The smallest absolute Gasteiger partial charge is 0.231 e. The van der Waals surface area contributed by atoms with E-state index in [4.69, 9.17) is 14.2 Å². The van der Waals surface area contributed by atoms with Crippen LogP contribution in [0.4, 0.5) is 17.5 Å². The van der Waals surface area contributed by atoms with E-state index in [0.717, 1.165) is 33.7 Å². The van der Waals surface area contributed by atoms with Crippen LogP contribution in [0.2, 0.25) is 0 Å². The Morgan fingerprint density at radius 2 is 1.87 bits per heavy atom. The Kier molecular flexibility index (Phi) is 4.65. The first kappa shape index (κ1) is 18.0. The van der Waals surface area contributed by atoms with Crippen LogP contribution in [0, 0.1) is 0 Å². The molecular weight excluding hydrogens is 382 g/mol. The summed E-state index contributed by atoms with van der Waals surface area (Å²) in [5.74, 6) is 3.51. The fourth-order valence-electron chi connectivity index (χ4n) is 3.18. The van der Waals surface area contributed by atoms with Gasteiger partial charge in [0.1, 0.15) is 11.6 Å². The number of methoxy groups -OCH3 is 1. The lowest BCUT2D eigenvalue weighted by atomic mass is 10.2. The van der Waals surface area contributed by atoms with Gasteiger partial charge in [0, 0.05) is 30.7 Å². The molecule has 0 saturated heterocycles. The number of pyridine rings is 1. The minimum atomic E-state index is 0.242. The fraction of sp³-hybridized carbons (Fsp3) is 0.136. The van der Waals surface area contributed by atoms with E-state index >= 15 is 0 Å². The zero-order valence-corrected chi connectivity index (χ0v) is 16.3. The number of nitrogens with zero attached hydrogens (tertiary/aromatic N) is 3. The summed E-state index contributed by atoms with van der Waals surface area (Å²) in [5.41, 5.74) is 2.75. The van der Waals surface area contributed by atoms with E-state index in [1.54, 1.807) is 19.5 Å². The molecule has 3 heterocycles. The molecule has 30 heavy (non-hydrogen) atoms. The molecule has 1 aliphatic heterocycles. The highest BCUT2D eigenvalue weighted by Gasteiger charge is 2.14. The molecule has 2 aromatic carbocycles. The maximum Gasteiger partial charge on any atom is 0.231 e. The van der Waals surface area contributed by atoms with Crippen molar-refractivity contribution in [1.29, 1.82) is 0 Å². The minimum absolute atomic E-state index is 0.242. The SMILES string of the molecule is COc1ccc(CNc2ncc3c(Nc4ccc5c(c4)OCO5)nccc3n2)cc1. The Morgan fingerprint density at radius 1 is 1.00 bits per heavy atom. The quantitative estimate of drug-likeness (QED) is 0.499. The summed E-state index contributed by atoms with van der Waals surface area (Å²) in [7, 11) is 1.65. The van der Waals surface area contributed by atoms with Gasteiger partial charge in [0.2, 0.25) is 12.7 Å². The minimum Gasteiger partial charge on any atom is -0.497 e. The molecule has 5 rings (SSSR count). The van der Waals surface area contributed by atoms with Crippen LogP contribution < -0.4 is 24.8 Å². The molecule has 8 nitrogen and oxygen atoms in total. The highest BCUT2D eigenvalue weighted by atomic mass is 16.7.